The van der Waals surface area contributed by atoms with Crippen LogP contribution in [-0.2, 0) is 4.79 Å². The average Bonchev–Trinajstić information content (AvgIpc) is 3.18. The molecule has 4 rings (SSSR count). The van der Waals surface area contributed by atoms with Crippen molar-refractivity contribution in [3.05, 3.63) is 60.2 Å². The van der Waals surface area contributed by atoms with Gasteiger partial charge in [0.25, 0.3) is 0 Å². The molecule has 7 heteroatoms. The van der Waals surface area contributed by atoms with Crippen molar-refractivity contribution in [3.8, 4) is 0 Å². The Kier molecular flexibility index (Phi) is 6.06. The van der Waals surface area contributed by atoms with Crippen molar-refractivity contribution < 1.29 is 4.79 Å². The molecule has 0 atom stereocenters. The number of nitrogens with zero attached hydrogens (tertiary/aromatic N) is 4. The van der Waals surface area contributed by atoms with Gasteiger partial charge in [0.15, 0.2) is 0 Å². The van der Waals surface area contributed by atoms with Crippen LogP contribution >= 0.6 is 11.7 Å². The summed E-state index contributed by atoms with van der Waals surface area (Å²) in [7, 11) is 0. The number of hydrogen-bond acceptors (Lipinski definition) is 6. The number of fused-ring (bicyclic) bond motifs is 1. The van der Waals surface area contributed by atoms with E-state index in [1.54, 1.807) is 0 Å². The fourth-order valence-electron chi connectivity index (χ4n) is 3.30. The summed E-state index contributed by atoms with van der Waals surface area (Å²) in [4.78, 5) is 17.0. The van der Waals surface area contributed by atoms with Gasteiger partial charge in [0.05, 0.1) is 18.3 Å². The van der Waals surface area contributed by atoms with Crippen LogP contribution in [0.3, 0.4) is 0 Å². The van der Waals surface area contributed by atoms with E-state index in [2.05, 4.69) is 60.3 Å². The summed E-state index contributed by atoms with van der Waals surface area (Å²) in [6, 6.07) is 16.0. The smallest absolute Gasteiger partial charge is 0.238 e. The lowest BCUT2D eigenvalue weighted by Gasteiger charge is -2.33. The monoisotopic (exact) mass is 393 g/mol. The highest BCUT2D eigenvalue weighted by atomic mass is 32.1. The standard InChI is InChI=1S/C21H23N5OS/c27-21(22-18-8-9-19-20(15-18)24-28-23-19)16-26-13-11-25(12-14-26)10-4-7-17-5-2-1-3-6-17/h1-9,15H,10-14,16H2,(H,22,27). The third kappa shape index (κ3) is 5.01. The lowest BCUT2D eigenvalue weighted by Crippen LogP contribution is -2.48. The zero-order valence-corrected chi connectivity index (χ0v) is 16.4. The van der Waals surface area contributed by atoms with E-state index in [-0.39, 0.29) is 5.91 Å². The highest BCUT2D eigenvalue weighted by molar-refractivity contribution is 7.00. The van der Waals surface area contributed by atoms with Crippen LogP contribution in [0.25, 0.3) is 17.1 Å². The average molecular weight is 394 g/mol. The number of rotatable bonds is 6. The number of piperazine rings is 1. The Labute approximate surface area is 168 Å². The van der Waals surface area contributed by atoms with Crippen LogP contribution in [0, 0.1) is 0 Å². The molecule has 1 aromatic heterocycles. The van der Waals surface area contributed by atoms with Gasteiger partial charge in [-0.1, -0.05) is 42.5 Å². The third-order valence-corrected chi connectivity index (χ3v) is 5.40. The fourth-order valence-corrected chi connectivity index (χ4v) is 3.81. The van der Waals surface area contributed by atoms with E-state index < -0.39 is 0 Å². The van der Waals surface area contributed by atoms with Crippen LogP contribution in [0.5, 0.6) is 0 Å². The second-order valence-electron chi connectivity index (χ2n) is 6.91. The van der Waals surface area contributed by atoms with E-state index in [1.165, 1.54) is 17.3 Å². The minimum atomic E-state index is 0.0139. The molecule has 1 fully saturated rings. The molecule has 28 heavy (non-hydrogen) atoms. The lowest BCUT2D eigenvalue weighted by atomic mass is 10.2. The van der Waals surface area contributed by atoms with Crippen LogP contribution in [0.4, 0.5) is 5.69 Å². The quantitative estimate of drug-likeness (QED) is 0.698. The van der Waals surface area contributed by atoms with Gasteiger partial charge in [0.2, 0.25) is 5.91 Å². The number of nitrogens with one attached hydrogen (secondary N) is 1. The summed E-state index contributed by atoms with van der Waals surface area (Å²) < 4.78 is 8.39. The Morgan fingerprint density at radius 3 is 2.57 bits per heavy atom. The fraction of sp³-hybridized carbons (Fsp3) is 0.286. The Morgan fingerprint density at radius 2 is 1.75 bits per heavy atom. The molecule has 1 saturated heterocycles. The van der Waals surface area contributed by atoms with Crippen molar-refractivity contribution in [1.82, 2.24) is 18.5 Å². The maximum atomic E-state index is 12.4. The van der Waals surface area contributed by atoms with Gasteiger partial charge in [0, 0.05) is 38.4 Å². The normalized spacial score (nSPS) is 16.0. The van der Waals surface area contributed by atoms with E-state index in [0.717, 1.165) is 49.4 Å². The number of benzene rings is 2. The second-order valence-corrected chi connectivity index (χ2v) is 7.43. The highest BCUT2D eigenvalue weighted by Crippen LogP contribution is 2.17. The SMILES string of the molecule is O=C(CN1CCN(CC=Cc2ccccc2)CC1)Nc1ccc2nsnc2c1. The molecule has 0 radical (unpaired) electrons. The number of aromatic nitrogens is 2. The van der Waals surface area contributed by atoms with E-state index in [9.17, 15) is 4.79 Å². The van der Waals surface area contributed by atoms with Crippen LogP contribution in [-0.4, -0.2) is 63.7 Å². The van der Waals surface area contributed by atoms with Gasteiger partial charge >= 0.3 is 0 Å². The molecule has 0 spiro atoms. The van der Waals surface area contributed by atoms with Gasteiger partial charge in [-0.25, -0.2) is 0 Å². The number of hydrogen-bond donors (Lipinski definition) is 1. The Balaban J connectivity index is 1.20. The minimum Gasteiger partial charge on any atom is -0.325 e. The summed E-state index contributed by atoms with van der Waals surface area (Å²) in [6.45, 7) is 5.12. The summed E-state index contributed by atoms with van der Waals surface area (Å²) in [5.74, 6) is 0.0139. The van der Waals surface area contributed by atoms with Crippen LogP contribution in [0.2, 0.25) is 0 Å². The molecule has 2 aromatic carbocycles. The first-order chi connectivity index (χ1) is 13.8. The second kappa shape index (κ2) is 9.05. The summed E-state index contributed by atoms with van der Waals surface area (Å²) in [6.07, 6.45) is 4.37. The van der Waals surface area contributed by atoms with Crippen molar-refractivity contribution in [2.75, 3.05) is 44.6 Å². The molecule has 0 unspecified atom stereocenters. The summed E-state index contributed by atoms with van der Waals surface area (Å²) in [5, 5.41) is 2.97. The van der Waals surface area contributed by atoms with Crippen molar-refractivity contribution in [2.45, 2.75) is 0 Å². The predicted octanol–water partition coefficient (Wildman–Crippen LogP) is 2.96. The Morgan fingerprint density at radius 1 is 1.00 bits per heavy atom. The molecular weight excluding hydrogens is 370 g/mol. The largest absolute Gasteiger partial charge is 0.325 e. The van der Waals surface area contributed by atoms with Crippen molar-refractivity contribution in [1.29, 1.82) is 0 Å². The molecule has 0 saturated carbocycles. The maximum Gasteiger partial charge on any atom is 0.238 e. The first-order valence-electron chi connectivity index (χ1n) is 9.45. The molecule has 1 amide bonds. The van der Waals surface area contributed by atoms with Gasteiger partial charge in [-0.3, -0.25) is 14.6 Å². The predicted molar refractivity (Wildman–Crippen MR) is 114 cm³/mol. The molecule has 2 heterocycles. The maximum absolute atomic E-state index is 12.4. The molecule has 6 nitrogen and oxygen atoms in total. The van der Waals surface area contributed by atoms with Gasteiger partial charge in [-0.2, -0.15) is 8.75 Å². The Hall–Kier alpha value is -2.61. The van der Waals surface area contributed by atoms with Gasteiger partial charge in [-0.05, 0) is 23.8 Å². The summed E-state index contributed by atoms with van der Waals surface area (Å²) >= 11 is 1.18. The third-order valence-electron chi connectivity index (χ3n) is 4.84. The molecular formula is C21H23N5OS. The van der Waals surface area contributed by atoms with E-state index in [4.69, 9.17) is 0 Å². The van der Waals surface area contributed by atoms with Crippen molar-refractivity contribution in [3.63, 3.8) is 0 Å². The van der Waals surface area contributed by atoms with Gasteiger partial charge in [0.1, 0.15) is 11.0 Å². The van der Waals surface area contributed by atoms with Gasteiger partial charge < -0.3 is 5.32 Å². The molecule has 1 N–H and O–H groups in total. The van der Waals surface area contributed by atoms with Crippen LogP contribution in [0.1, 0.15) is 5.56 Å². The lowest BCUT2D eigenvalue weighted by molar-refractivity contribution is -0.117. The first-order valence-corrected chi connectivity index (χ1v) is 10.2. The molecule has 144 valence electrons. The zero-order valence-electron chi connectivity index (χ0n) is 15.6. The van der Waals surface area contributed by atoms with E-state index in [1.807, 2.05) is 24.3 Å². The number of carbonyl (C=O) groups excluding carboxylic acids is 1. The molecule has 0 bridgehead atoms. The van der Waals surface area contributed by atoms with E-state index in [0.29, 0.717) is 6.54 Å². The number of carbonyl (C=O) groups is 1. The highest BCUT2D eigenvalue weighted by Gasteiger charge is 2.18. The number of anilines is 1. The first kappa shape index (κ1) is 18.7. The van der Waals surface area contributed by atoms with Crippen LogP contribution in [0.15, 0.2) is 54.6 Å². The Bertz CT molecular complexity index is 948. The van der Waals surface area contributed by atoms with E-state index >= 15 is 0 Å². The minimum absolute atomic E-state index is 0.0139. The molecule has 3 aromatic rings. The topological polar surface area (TPSA) is 61.4 Å². The summed E-state index contributed by atoms with van der Waals surface area (Å²) in [5.41, 5.74) is 3.68. The molecule has 1 aliphatic rings. The van der Waals surface area contributed by atoms with Crippen LogP contribution < -0.4 is 5.32 Å². The van der Waals surface area contributed by atoms with Crippen molar-refractivity contribution >= 4 is 40.4 Å². The molecule has 0 aliphatic carbocycles. The zero-order chi connectivity index (χ0) is 19.2. The molecule has 1 aliphatic heterocycles. The number of amides is 1. The van der Waals surface area contributed by atoms with Gasteiger partial charge in [-0.15, -0.1) is 0 Å². The van der Waals surface area contributed by atoms with Crippen molar-refractivity contribution in [2.24, 2.45) is 0 Å².